The van der Waals surface area contributed by atoms with Gasteiger partial charge in [-0.3, -0.25) is 4.90 Å². The van der Waals surface area contributed by atoms with Crippen molar-refractivity contribution in [1.82, 2.24) is 14.9 Å². The van der Waals surface area contributed by atoms with Crippen molar-refractivity contribution in [2.45, 2.75) is 44.9 Å². The molecule has 0 N–H and O–H groups in total. The Hall–Kier alpha value is -2.39. The summed E-state index contributed by atoms with van der Waals surface area (Å²) in [6.45, 7) is 7.25. The normalized spacial score (nSPS) is 20.9. The van der Waals surface area contributed by atoms with E-state index >= 15 is 0 Å². The van der Waals surface area contributed by atoms with Crippen molar-refractivity contribution in [2.24, 2.45) is 0 Å². The molecule has 3 aromatic rings. The van der Waals surface area contributed by atoms with E-state index in [0.717, 1.165) is 51.2 Å². The van der Waals surface area contributed by atoms with Crippen LogP contribution in [0.25, 0.3) is 20.8 Å². The summed E-state index contributed by atoms with van der Waals surface area (Å²) >= 11 is 3.29. The zero-order valence-corrected chi connectivity index (χ0v) is 19.0. The Labute approximate surface area is 183 Å². The number of carbonyl (C=O) groups is 1. The fourth-order valence-corrected chi connectivity index (χ4v) is 6.02. The first-order chi connectivity index (χ1) is 14.3. The average molecular weight is 445 g/mol. The summed E-state index contributed by atoms with van der Waals surface area (Å²) in [5.74, 6) is 0.769. The van der Waals surface area contributed by atoms with Crippen molar-refractivity contribution in [2.75, 3.05) is 25.1 Å². The van der Waals surface area contributed by atoms with Gasteiger partial charge in [0.1, 0.15) is 21.9 Å². The number of amides is 1. The highest BCUT2D eigenvalue weighted by Gasteiger charge is 2.49. The summed E-state index contributed by atoms with van der Waals surface area (Å²) in [6, 6.07) is 4.36. The third-order valence-electron chi connectivity index (χ3n) is 5.45. The molecule has 158 valence electrons. The topological polar surface area (TPSA) is 67.8 Å². The lowest BCUT2D eigenvalue weighted by molar-refractivity contribution is -0.0379. The lowest BCUT2D eigenvalue weighted by Crippen LogP contribution is -2.70. The zero-order valence-electron chi connectivity index (χ0n) is 17.4. The van der Waals surface area contributed by atoms with Gasteiger partial charge in [-0.05, 0) is 39.3 Å². The number of hydrogen-bond acceptors (Lipinski definition) is 8. The number of ether oxygens (including phenoxy) is 2. The minimum Gasteiger partial charge on any atom is -0.494 e. The predicted molar refractivity (Wildman–Crippen MR) is 120 cm³/mol. The number of carbonyl (C=O) groups excluding carboxylic acids is 1. The summed E-state index contributed by atoms with van der Waals surface area (Å²) < 4.78 is 12.2. The number of rotatable bonds is 3. The van der Waals surface area contributed by atoms with E-state index in [0.29, 0.717) is 0 Å². The number of thiazole rings is 2. The smallest absolute Gasteiger partial charge is 0.410 e. The average Bonchev–Trinajstić information content (AvgIpc) is 3.36. The summed E-state index contributed by atoms with van der Waals surface area (Å²) in [6.07, 6.45) is 2.64. The summed E-state index contributed by atoms with van der Waals surface area (Å²) in [5, 5.41) is 3.93. The monoisotopic (exact) mass is 444 g/mol. The third kappa shape index (κ3) is 3.30. The van der Waals surface area contributed by atoms with Crippen LogP contribution in [0.5, 0.6) is 5.75 Å². The molecular weight excluding hydrogens is 420 g/mol. The lowest BCUT2D eigenvalue weighted by atomic mass is 9.88. The van der Waals surface area contributed by atoms with E-state index < -0.39 is 5.60 Å². The number of fused-ring (bicyclic) bond motifs is 3. The second kappa shape index (κ2) is 7.09. The molecule has 0 saturated carbocycles. The molecule has 2 atom stereocenters. The first-order valence-corrected chi connectivity index (χ1v) is 11.7. The molecule has 0 spiro atoms. The number of piperazine rings is 1. The van der Waals surface area contributed by atoms with Crippen LogP contribution in [0.2, 0.25) is 0 Å². The molecule has 2 bridgehead atoms. The van der Waals surface area contributed by atoms with Crippen LogP contribution in [0.3, 0.4) is 0 Å². The molecule has 9 heteroatoms. The molecule has 1 amide bonds. The SMILES string of the molecule is COc1ccc(-c2nccs2)c2sc(N3CC4CC(C3)N4C(=O)OC(C)(C)C)nc12. The molecule has 3 saturated heterocycles. The molecule has 6 rings (SSSR count). The standard InChI is InChI=1S/C21H24N4O3S2/c1-21(2,3)28-20(26)25-12-9-13(25)11-24(10-12)19-23-16-15(27-4)6-5-14(17(16)30-19)18-22-7-8-29-18/h5-8,12-13H,9-11H2,1-4H3. The van der Waals surface area contributed by atoms with Gasteiger partial charge in [0.2, 0.25) is 0 Å². The van der Waals surface area contributed by atoms with Crippen LogP contribution in [-0.2, 0) is 4.74 Å². The van der Waals surface area contributed by atoms with Gasteiger partial charge in [0.05, 0.1) is 23.9 Å². The molecule has 2 aromatic heterocycles. The highest BCUT2D eigenvalue weighted by Crippen LogP contribution is 2.43. The first kappa shape index (κ1) is 19.6. The quantitative estimate of drug-likeness (QED) is 0.587. The number of aromatic nitrogens is 2. The summed E-state index contributed by atoms with van der Waals surface area (Å²) in [5.41, 5.74) is 1.48. The maximum atomic E-state index is 12.5. The molecule has 3 aliphatic heterocycles. The Morgan fingerprint density at radius 3 is 2.63 bits per heavy atom. The van der Waals surface area contributed by atoms with Crippen LogP contribution in [0.15, 0.2) is 23.7 Å². The van der Waals surface area contributed by atoms with Crippen LogP contribution in [-0.4, -0.2) is 58.8 Å². The van der Waals surface area contributed by atoms with Crippen LogP contribution in [0.1, 0.15) is 27.2 Å². The molecular formula is C21H24N4O3S2. The van der Waals surface area contributed by atoms with Gasteiger partial charge < -0.3 is 14.4 Å². The second-order valence-electron chi connectivity index (χ2n) is 8.66. The van der Waals surface area contributed by atoms with Gasteiger partial charge in [-0.25, -0.2) is 14.8 Å². The first-order valence-electron chi connectivity index (χ1n) is 9.97. The van der Waals surface area contributed by atoms with E-state index in [1.807, 2.05) is 43.3 Å². The molecule has 3 aliphatic rings. The molecule has 30 heavy (non-hydrogen) atoms. The highest BCUT2D eigenvalue weighted by atomic mass is 32.1. The second-order valence-corrected chi connectivity index (χ2v) is 10.5. The predicted octanol–water partition coefficient (Wildman–Crippen LogP) is 4.63. The van der Waals surface area contributed by atoms with Gasteiger partial charge in [-0.1, -0.05) is 11.3 Å². The number of piperidine rings is 1. The maximum absolute atomic E-state index is 12.5. The van der Waals surface area contributed by atoms with Crippen molar-refractivity contribution >= 4 is 44.1 Å². The molecule has 0 aliphatic carbocycles. The van der Waals surface area contributed by atoms with E-state index in [2.05, 4.69) is 16.0 Å². The van der Waals surface area contributed by atoms with Crippen molar-refractivity contribution in [3.8, 4) is 16.3 Å². The van der Waals surface area contributed by atoms with Crippen LogP contribution in [0, 0.1) is 0 Å². The largest absolute Gasteiger partial charge is 0.494 e. The van der Waals surface area contributed by atoms with Gasteiger partial charge in [0.25, 0.3) is 0 Å². The van der Waals surface area contributed by atoms with Gasteiger partial charge in [0, 0.05) is 30.2 Å². The third-order valence-corrected chi connectivity index (χ3v) is 7.40. The molecule has 2 unspecified atom stereocenters. The fourth-order valence-electron chi connectivity index (χ4n) is 4.18. The Balaban J connectivity index is 1.42. The Morgan fingerprint density at radius 1 is 1.23 bits per heavy atom. The molecule has 3 fully saturated rings. The van der Waals surface area contributed by atoms with E-state index in [4.69, 9.17) is 14.5 Å². The minimum atomic E-state index is -0.476. The van der Waals surface area contributed by atoms with Crippen LogP contribution < -0.4 is 9.64 Å². The van der Waals surface area contributed by atoms with E-state index in [1.165, 1.54) is 0 Å². The van der Waals surface area contributed by atoms with E-state index in [1.54, 1.807) is 29.8 Å². The lowest BCUT2D eigenvalue weighted by Gasteiger charge is -2.55. The van der Waals surface area contributed by atoms with Gasteiger partial charge in [-0.2, -0.15) is 0 Å². The highest BCUT2D eigenvalue weighted by molar-refractivity contribution is 7.23. The maximum Gasteiger partial charge on any atom is 0.410 e. The van der Waals surface area contributed by atoms with E-state index in [9.17, 15) is 4.79 Å². The number of anilines is 1. The Kier molecular flexibility index (Phi) is 4.62. The molecule has 5 heterocycles. The number of methoxy groups -OCH3 is 1. The van der Waals surface area contributed by atoms with Crippen LogP contribution >= 0.6 is 22.7 Å². The van der Waals surface area contributed by atoms with E-state index in [-0.39, 0.29) is 18.2 Å². The fraction of sp³-hybridized carbons (Fsp3) is 0.476. The Bertz CT molecular complexity index is 1080. The number of benzene rings is 1. The van der Waals surface area contributed by atoms with Gasteiger partial charge in [-0.15, -0.1) is 11.3 Å². The number of nitrogens with zero attached hydrogens (tertiary/aromatic N) is 4. The summed E-state index contributed by atoms with van der Waals surface area (Å²) in [4.78, 5) is 26.1. The Morgan fingerprint density at radius 2 is 2.00 bits per heavy atom. The number of hydrogen-bond donors (Lipinski definition) is 0. The molecule has 0 radical (unpaired) electrons. The van der Waals surface area contributed by atoms with Crippen molar-refractivity contribution in [1.29, 1.82) is 0 Å². The van der Waals surface area contributed by atoms with Crippen LogP contribution in [0.4, 0.5) is 9.93 Å². The molecule has 1 aromatic carbocycles. The van der Waals surface area contributed by atoms with Crippen molar-refractivity contribution < 1.29 is 14.3 Å². The summed E-state index contributed by atoms with van der Waals surface area (Å²) in [7, 11) is 1.67. The minimum absolute atomic E-state index is 0.172. The molecule has 7 nitrogen and oxygen atoms in total. The van der Waals surface area contributed by atoms with Crippen molar-refractivity contribution in [3.63, 3.8) is 0 Å². The zero-order chi connectivity index (χ0) is 21.0. The van der Waals surface area contributed by atoms with Gasteiger partial charge in [0.15, 0.2) is 5.13 Å². The van der Waals surface area contributed by atoms with Gasteiger partial charge >= 0.3 is 6.09 Å². The van der Waals surface area contributed by atoms with Crippen molar-refractivity contribution in [3.05, 3.63) is 23.7 Å².